The second-order valence-electron chi connectivity index (χ2n) is 11.4. The molecule has 6 aromatic rings. The van der Waals surface area contributed by atoms with Gasteiger partial charge in [0.1, 0.15) is 0 Å². The summed E-state index contributed by atoms with van der Waals surface area (Å²) in [6, 6.07) is 39.6. The molecule has 0 aliphatic carbocycles. The van der Waals surface area contributed by atoms with Gasteiger partial charge in [-0.1, -0.05) is 85.6 Å². The first kappa shape index (κ1) is 33.7. The molecule has 0 atom stereocenters. The maximum absolute atomic E-state index is 2.56. The molecule has 6 aromatic carbocycles. The Bertz CT molecular complexity index is 1650. The zero-order chi connectivity index (χ0) is 27.3. The fourth-order valence-corrected chi connectivity index (χ4v) is 11.3. The van der Waals surface area contributed by atoms with Crippen LogP contribution in [-0.4, -0.2) is 8.07 Å². The third-order valence-corrected chi connectivity index (χ3v) is 14.5. The van der Waals surface area contributed by atoms with E-state index in [0.717, 1.165) is 0 Å². The van der Waals surface area contributed by atoms with Gasteiger partial charge < -0.3 is 14.9 Å². The Labute approximate surface area is 274 Å². The van der Waals surface area contributed by atoms with Gasteiger partial charge in [0.2, 0.25) is 0 Å². The molecule has 2 heteroatoms. The molecule has 0 aromatic heterocycles. The topological polar surface area (TPSA) is 0 Å². The normalized spacial score (nSPS) is 11.2. The van der Waals surface area contributed by atoms with Crippen LogP contribution in [0.1, 0.15) is 36.1 Å². The predicted octanol–water partition coefficient (Wildman–Crippen LogP) is 10.5. The molecule has 0 unspecified atom stereocenters. The molecule has 0 fully saturated rings. The van der Waals surface area contributed by atoms with E-state index in [2.05, 4.69) is 139 Å². The summed E-state index contributed by atoms with van der Waals surface area (Å²) in [4.78, 5) is 0. The monoisotopic (exact) mass is 732 g/mol. The van der Waals surface area contributed by atoms with Crippen LogP contribution in [0.4, 0.5) is 0 Å². The van der Waals surface area contributed by atoms with E-state index in [1.54, 1.807) is 10.4 Å². The van der Waals surface area contributed by atoms with Gasteiger partial charge in [-0.3, -0.25) is 0 Å². The summed E-state index contributed by atoms with van der Waals surface area (Å²) >= 11 is 0. The molecule has 0 aliphatic rings. The van der Waals surface area contributed by atoms with Crippen molar-refractivity contribution in [2.75, 3.05) is 0 Å². The van der Waals surface area contributed by atoms with Gasteiger partial charge in [0, 0.05) is 0 Å². The van der Waals surface area contributed by atoms with E-state index < -0.39 is 8.07 Å². The van der Waals surface area contributed by atoms with E-state index in [1.165, 1.54) is 78.1 Å². The standard InChI is InChI=1S/C38H38Si.2CH3.Hf/c1-7-39(8-2,31-21-29-17-11-19-33(35(29)23-31)37-25(3)13-9-14-26(37)4)32-22-30-18-12-20-34(36(30)24-32)38-27(5)15-10-16-28(38)6;;;/h9-24H,7-8H2,1-6H3;2*1H3;/q-2;2*-1;+4. The van der Waals surface area contributed by atoms with Crippen molar-refractivity contribution >= 4 is 40.0 Å². The van der Waals surface area contributed by atoms with Gasteiger partial charge in [-0.25, -0.2) is 0 Å². The molecular formula is C40H44HfSi. The largest absolute Gasteiger partial charge is 4.00 e. The van der Waals surface area contributed by atoms with Gasteiger partial charge in [-0.05, 0) is 61.1 Å². The molecule has 0 nitrogen and oxygen atoms in total. The average molecular weight is 731 g/mol. The number of benzene rings is 4. The Morgan fingerprint density at radius 2 is 0.857 bits per heavy atom. The van der Waals surface area contributed by atoms with Gasteiger partial charge in [0.05, 0.1) is 8.07 Å². The van der Waals surface area contributed by atoms with Crippen molar-refractivity contribution in [2.24, 2.45) is 0 Å². The zero-order valence-electron chi connectivity index (χ0n) is 26.7. The first-order valence-corrected chi connectivity index (χ1v) is 16.8. The number of fused-ring (bicyclic) bond motifs is 2. The van der Waals surface area contributed by atoms with E-state index in [-0.39, 0.29) is 40.7 Å². The smallest absolute Gasteiger partial charge is 0.358 e. The molecule has 0 spiro atoms. The second kappa shape index (κ2) is 13.2. The van der Waals surface area contributed by atoms with Crippen LogP contribution in [0.5, 0.6) is 0 Å². The van der Waals surface area contributed by atoms with E-state index in [1.807, 2.05) is 0 Å². The molecule has 42 heavy (non-hydrogen) atoms. The van der Waals surface area contributed by atoms with E-state index in [9.17, 15) is 0 Å². The zero-order valence-corrected chi connectivity index (χ0v) is 31.2. The van der Waals surface area contributed by atoms with Crippen LogP contribution in [0, 0.1) is 42.5 Å². The minimum absolute atomic E-state index is 0. The Morgan fingerprint density at radius 3 is 1.19 bits per heavy atom. The van der Waals surface area contributed by atoms with Crippen LogP contribution < -0.4 is 10.4 Å². The maximum Gasteiger partial charge on any atom is 4.00 e. The van der Waals surface area contributed by atoms with Crippen molar-refractivity contribution in [3.8, 4) is 22.3 Å². The van der Waals surface area contributed by atoms with Crippen LogP contribution in [0.2, 0.25) is 12.1 Å². The van der Waals surface area contributed by atoms with E-state index >= 15 is 0 Å². The van der Waals surface area contributed by atoms with Crippen LogP contribution in [0.15, 0.2) is 97.1 Å². The number of hydrogen-bond acceptors (Lipinski definition) is 0. The van der Waals surface area contributed by atoms with Gasteiger partial charge in [-0.2, -0.15) is 12.1 Å². The minimum atomic E-state index is -1.96. The summed E-state index contributed by atoms with van der Waals surface area (Å²) in [7, 11) is -1.96. The fourth-order valence-electron chi connectivity index (χ4n) is 7.17. The molecular weight excluding hydrogens is 687 g/mol. The summed E-state index contributed by atoms with van der Waals surface area (Å²) in [6.45, 7) is 13.8. The number of hydrogen-bond donors (Lipinski definition) is 0. The van der Waals surface area contributed by atoms with Crippen molar-refractivity contribution in [3.05, 3.63) is 134 Å². The molecule has 6 rings (SSSR count). The molecule has 0 radical (unpaired) electrons. The van der Waals surface area contributed by atoms with Crippen molar-refractivity contribution < 1.29 is 25.8 Å². The van der Waals surface area contributed by atoms with Gasteiger partial charge >= 0.3 is 25.8 Å². The Hall–Kier alpha value is -2.81. The summed E-state index contributed by atoms with van der Waals surface area (Å²) in [5.41, 5.74) is 10.9. The molecule has 0 bridgehead atoms. The molecule has 0 aliphatic heterocycles. The SMILES string of the molecule is CC[Si](CC)(c1cc2c(-c3c(C)cccc3C)cccc2[cH-]1)c1cc2c(-c3c(C)cccc3C)cccc2[cH-]1.[CH3-].[CH3-].[Hf+4]. The summed E-state index contributed by atoms with van der Waals surface area (Å²) in [5.74, 6) is 0. The number of aryl methyl sites for hydroxylation is 4. The Morgan fingerprint density at radius 1 is 0.524 bits per heavy atom. The van der Waals surface area contributed by atoms with E-state index in [4.69, 9.17) is 0 Å². The first-order chi connectivity index (χ1) is 18.9. The average Bonchev–Trinajstić information content (AvgIpc) is 3.56. The van der Waals surface area contributed by atoms with E-state index in [0.29, 0.717) is 0 Å². The third-order valence-electron chi connectivity index (χ3n) is 9.31. The molecule has 0 N–H and O–H groups in total. The molecule has 212 valence electrons. The van der Waals surface area contributed by atoms with Crippen molar-refractivity contribution in [3.63, 3.8) is 0 Å². The van der Waals surface area contributed by atoms with Gasteiger partial charge in [0.15, 0.2) is 0 Å². The van der Waals surface area contributed by atoms with Crippen LogP contribution >= 0.6 is 0 Å². The first-order valence-electron chi connectivity index (χ1n) is 14.4. The Balaban J connectivity index is 0.00000161. The van der Waals surface area contributed by atoms with Crippen molar-refractivity contribution in [1.82, 2.24) is 0 Å². The molecule has 0 heterocycles. The molecule has 0 amide bonds. The Kier molecular flexibility index (Phi) is 10.6. The number of rotatable bonds is 6. The van der Waals surface area contributed by atoms with Crippen LogP contribution in [-0.2, 0) is 25.8 Å². The van der Waals surface area contributed by atoms with Crippen molar-refractivity contribution in [2.45, 2.75) is 53.6 Å². The summed E-state index contributed by atoms with van der Waals surface area (Å²) < 4.78 is 0. The third kappa shape index (κ3) is 5.37. The minimum Gasteiger partial charge on any atom is -0.358 e. The van der Waals surface area contributed by atoms with Crippen LogP contribution in [0.25, 0.3) is 43.8 Å². The van der Waals surface area contributed by atoms with Gasteiger partial charge in [-0.15, -0.1) is 68.3 Å². The fraction of sp³-hybridized carbons (Fsp3) is 0.200. The quantitative estimate of drug-likeness (QED) is 0.118. The van der Waals surface area contributed by atoms with Crippen molar-refractivity contribution in [1.29, 1.82) is 0 Å². The van der Waals surface area contributed by atoms with Gasteiger partial charge in [0.25, 0.3) is 0 Å². The molecule has 0 saturated carbocycles. The maximum atomic E-state index is 2.56. The predicted molar refractivity (Wildman–Crippen MR) is 188 cm³/mol. The second-order valence-corrected chi connectivity index (χ2v) is 16.2. The summed E-state index contributed by atoms with van der Waals surface area (Å²) in [6.07, 6.45) is 0. The van der Waals surface area contributed by atoms with Crippen LogP contribution in [0.3, 0.4) is 0 Å². The molecule has 0 saturated heterocycles. The summed E-state index contributed by atoms with van der Waals surface area (Å²) in [5, 5.41) is 8.69.